The summed E-state index contributed by atoms with van der Waals surface area (Å²) in [4.78, 5) is 19.0. The van der Waals surface area contributed by atoms with Crippen LogP contribution in [-0.2, 0) is 4.79 Å². The van der Waals surface area contributed by atoms with E-state index in [0.717, 1.165) is 23.9 Å². The lowest BCUT2D eigenvalue weighted by Crippen LogP contribution is -2.14. The lowest BCUT2D eigenvalue weighted by molar-refractivity contribution is -0.113. The van der Waals surface area contributed by atoms with Gasteiger partial charge in [0.1, 0.15) is 5.75 Å². The molecule has 0 spiro atoms. The van der Waals surface area contributed by atoms with Crippen LogP contribution in [0, 0.1) is 11.6 Å². The predicted octanol–water partition coefficient (Wildman–Crippen LogP) is 4.23. The number of anilines is 1. The largest absolute Gasteiger partial charge is 0.495 e. The molecule has 0 saturated heterocycles. The summed E-state index contributed by atoms with van der Waals surface area (Å²) in [6.45, 7) is 0. The number of carbonyl (C=O) groups is 1. The normalized spacial score (nSPS) is 10.9. The van der Waals surface area contributed by atoms with Crippen molar-refractivity contribution in [2.24, 2.45) is 0 Å². The summed E-state index contributed by atoms with van der Waals surface area (Å²) in [7, 11) is 1.50. The Balaban J connectivity index is 1.63. The van der Waals surface area contributed by atoms with Gasteiger partial charge in [0.25, 0.3) is 0 Å². The van der Waals surface area contributed by atoms with Gasteiger partial charge in [0.2, 0.25) is 5.91 Å². The highest BCUT2D eigenvalue weighted by molar-refractivity contribution is 7.99. The second-order valence-electron chi connectivity index (χ2n) is 5.01. The van der Waals surface area contributed by atoms with Gasteiger partial charge in [-0.15, -0.1) is 0 Å². The molecule has 0 aliphatic heterocycles. The second-order valence-corrected chi connectivity index (χ2v) is 6.38. The number of amides is 1. The molecule has 1 heterocycles. The van der Waals surface area contributed by atoms with Gasteiger partial charge >= 0.3 is 0 Å². The Kier molecular flexibility index (Phi) is 5.10. The van der Waals surface area contributed by atoms with E-state index in [4.69, 9.17) is 16.3 Å². The van der Waals surface area contributed by atoms with Crippen LogP contribution in [0.3, 0.4) is 0 Å². The van der Waals surface area contributed by atoms with Crippen molar-refractivity contribution in [1.82, 2.24) is 9.97 Å². The molecule has 0 aliphatic carbocycles. The molecule has 0 bridgehead atoms. The van der Waals surface area contributed by atoms with Crippen molar-refractivity contribution in [1.29, 1.82) is 0 Å². The number of benzene rings is 2. The van der Waals surface area contributed by atoms with Crippen molar-refractivity contribution in [3.8, 4) is 5.75 Å². The maximum absolute atomic E-state index is 13.2. The second kappa shape index (κ2) is 7.28. The number of hydrogen-bond donors (Lipinski definition) is 2. The molecule has 2 aromatic carbocycles. The van der Waals surface area contributed by atoms with E-state index in [9.17, 15) is 13.6 Å². The summed E-state index contributed by atoms with van der Waals surface area (Å²) < 4.78 is 31.4. The zero-order valence-electron chi connectivity index (χ0n) is 12.9. The molecule has 1 aromatic heterocycles. The van der Waals surface area contributed by atoms with E-state index in [2.05, 4.69) is 15.3 Å². The third kappa shape index (κ3) is 4.02. The molecule has 0 aliphatic rings. The van der Waals surface area contributed by atoms with Crippen LogP contribution in [0.2, 0.25) is 5.02 Å². The summed E-state index contributed by atoms with van der Waals surface area (Å²) >= 11 is 7.11. The molecule has 130 valence electrons. The van der Waals surface area contributed by atoms with Crippen LogP contribution in [0.25, 0.3) is 11.0 Å². The van der Waals surface area contributed by atoms with Crippen LogP contribution in [0.5, 0.6) is 5.75 Å². The summed E-state index contributed by atoms with van der Waals surface area (Å²) in [6.07, 6.45) is 0. The molecule has 1 amide bonds. The molecule has 2 N–H and O–H groups in total. The van der Waals surface area contributed by atoms with Crippen LogP contribution in [0.15, 0.2) is 35.5 Å². The highest BCUT2D eigenvalue weighted by Gasteiger charge is 2.11. The number of nitrogens with zero attached hydrogens (tertiary/aromatic N) is 1. The first kappa shape index (κ1) is 17.5. The fourth-order valence-corrected chi connectivity index (χ4v) is 3.07. The number of aromatic nitrogens is 2. The van der Waals surface area contributed by atoms with Crippen molar-refractivity contribution < 1.29 is 18.3 Å². The first-order valence-corrected chi connectivity index (χ1v) is 8.43. The van der Waals surface area contributed by atoms with E-state index >= 15 is 0 Å². The average Bonchev–Trinajstić information content (AvgIpc) is 2.95. The van der Waals surface area contributed by atoms with E-state index in [0.29, 0.717) is 32.6 Å². The standard InChI is InChI=1S/C16H12ClF2N3O2S/c1-24-14-3-2-8(4-9(14)17)20-15(23)7-25-16-21-12-5-10(18)11(19)6-13(12)22-16/h2-6H,7H2,1H3,(H,20,23)(H,21,22). The molecular formula is C16H12ClF2N3O2S. The Morgan fingerprint density at radius 2 is 2.08 bits per heavy atom. The Morgan fingerprint density at radius 3 is 2.80 bits per heavy atom. The van der Waals surface area contributed by atoms with Gasteiger partial charge in [0.15, 0.2) is 16.8 Å². The summed E-state index contributed by atoms with van der Waals surface area (Å²) in [5.74, 6) is -1.62. The van der Waals surface area contributed by atoms with Crippen LogP contribution < -0.4 is 10.1 Å². The van der Waals surface area contributed by atoms with E-state index < -0.39 is 11.6 Å². The number of methoxy groups -OCH3 is 1. The average molecular weight is 384 g/mol. The highest BCUT2D eigenvalue weighted by Crippen LogP contribution is 2.27. The Labute approximate surface area is 150 Å². The van der Waals surface area contributed by atoms with E-state index in [1.165, 1.54) is 7.11 Å². The molecule has 0 unspecified atom stereocenters. The molecule has 0 fully saturated rings. The number of H-pyrrole nitrogens is 1. The van der Waals surface area contributed by atoms with E-state index in [1.807, 2.05) is 0 Å². The third-order valence-corrected chi connectivity index (χ3v) is 4.45. The summed E-state index contributed by atoms with van der Waals surface area (Å²) in [5, 5.41) is 3.47. The smallest absolute Gasteiger partial charge is 0.234 e. The number of aromatic amines is 1. The number of thioether (sulfide) groups is 1. The lowest BCUT2D eigenvalue weighted by atomic mass is 10.3. The highest BCUT2D eigenvalue weighted by atomic mass is 35.5. The van der Waals surface area contributed by atoms with E-state index in [-0.39, 0.29) is 11.7 Å². The van der Waals surface area contributed by atoms with E-state index in [1.54, 1.807) is 18.2 Å². The summed E-state index contributed by atoms with van der Waals surface area (Å²) in [5.41, 5.74) is 1.19. The number of fused-ring (bicyclic) bond motifs is 1. The maximum Gasteiger partial charge on any atom is 0.234 e. The molecule has 0 atom stereocenters. The van der Waals surface area contributed by atoms with Gasteiger partial charge in [-0.3, -0.25) is 4.79 Å². The Morgan fingerprint density at radius 1 is 1.32 bits per heavy atom. The number of ether oxygens (including phenoxy) is 1. The molecule has 0 radical (unpaired) electrons. The van der Waals surface area contributed by atoms with Gasteiger partial charge in [-0.05, 0) is 18.2 Å². The van der Waals surface area contributed by atoms with Crippen LogP contribution in [0.4, 0.5) is 14.5 Å². The summed E-state index contributed by atoms with van der Waals surface area (Å²) in [6, 6.07) is 6.93. The van der Waals surface area contributed by atoms with Gasteiger partial charge in [0, 0.05) is 17.8 Å². The minimum atomic E-state index is -0.968. The van der Waals surface area contributed by atoms with Gasteiger partial charge in [-0.25, -0.2) is 13.8 Å². The number of rotatable bonds is 5. The molecule has 0 saturated carbocycles. The fraction of sp³-hybridized carbons (Fsp3) is 0.125. The minimum absolute atomic E-state index is 0.0639. The van der Waals surface area contributed by atoms with Gasteiger partial charge < -0.3 is 15.0 Å². The Hall–Kier alpha value is -2.32. The predicted molar refractivity (Wildman–Crippen MR) is 93.4 cm³/mol. The topological polar surface area (TPSA) is 67.0 Å². The van der Waals surface area contributed by atoms with Crippen molar-refractivity contribution in [3.63, 3.8) is 0 Å². The monoisotopic (exact) mass is 383 g/mol. The zero-order chi connectivity index (χ0) is 18.0. The van der Waals surface area contributed by atoms with Crippen LogP contribution in [0.1, 0.15) is 0 Å². The first-order valence-electron chi connectivity index (χ1n) is 7.07. The lowest BCUT2D eigenvalue weighted by Gasteiger charge is -2.07. The van der Waals surface area contributed by atoms with Crippen LogP contribution in [-0.4, -0.2) is 28.7 Å². The number of hydrogen-bond acceptors (Lipinski definition) is 4. The minimum Gasteiger partial charge on any atom is -0.495 e. The number of imidazole rings is 1. The Bertz CT molecular complexity index is 910. The number of carbonyl (C=O) groups excluding carboxylic acids is 1. The zero-order valence-corrected chi connectivity index (χ0v) is 14.5. The van der Waals surface area contributed by atoms with Crippen molar-refractivity contribution in [2.45, 2.75) is 5.16 Å². The molecule has 25 heavy (non-hydrogen) atoms. The van der Waals surface area contributed by atoms with Crippen LogP contribution >= 0.6 is 23.4 Å². The van der Waals surface area contributed by atoms with Crippen molar-refractivity contribution in [3.05, 3.63) is 47.0 Å². The molecular weight excluding hydrogens is 372 g/mol. The molecule has 3 rings (SSSR count). The van der Waals surface area contributed by atoms with Crippen molar-refractivity contribution in [2.75, 3.05) is 18.2 Å². The maximum atomic E-state index is 13.2. The van der Waals surface area contributed by atoms with Gasteiger partial charge in [-0.2, -0.15) is 0 Å². The quantitative estimate of drug-likeness (QED) is 0.647. The molecule has 5 nitrogen and oxygen atoms in total. The fourth-order valence-electron chi connectivity index (χ4n) is 2.12. The molecule has 3 aromatic rings. The van der Waals surface area contributed by atoms with Gasteiger partial charge in [-0.1, -0.05) is 23.4 Å². The van der Waals surface area contributed by atoms with Crippen molar-refractivity contribution >= 4 is 46.0 Å². The number of nitrogens with one attached hydrogen (secondary N) is 2. The number of halogens is 3. The third-order valence-electron chi connectivity index (χ3n) is 3.28. The SMILES string of the molecule is COc1ccc(NC(=O)CSc2nc3cc(F)c(F)cc3[nH]2)cc1Cl. The molecule has 9 heteroatoms. The van der Waals surface area contributed by atoms with Gasteiger partial charge in [0.05, 0.1) is 28.9 Å². The first-order chi connectivity index (χ1) is 12.0.